The number of rotatable bonds is 5. The number of benzene rings is 1. The molecule has 0 saturated carbocycles. The Hall–Kier alpha value is -1.01. The van der Waals surface area contributed by atoms with E-state index in [9.17, 15) is 5.26 Å². The molecule has 3 heteroatoms. The summed E-state index contributed by atoms with van der Waals surface area (Å²) in [5, 5.41) is 9.25. The van der Waals surface area contributed by atoms with E-state index in [0.717, 1.165) is 28.8 Å². The van der Waals surface area contributed by atoms with Crippen LogP contribution in [0.15, 0.2) is 22.7 Å². The van der Waals surface area contributed by atoms with Crippen LogP contribution in [0, 0.1) is 16.7 Å². The zero-order chi connectivity index (χ0) is 13.9. The molecule has 0 bridgehead atoms. The molecule has 1 aromatic carbocycles. The number of anilines is 1. The van der Waals surface area contributed by atoms with Crippen molar-refractivity contribution in [2.24, 2.45) is 5.41 Å². The van der Waals surface area contributed by atoms with Crippen LogP contribution in [0.4, 0.5) is 5.69 Å². The number of nitrogens with zero attached hydrogens (tertiary/aromatic N) is 2. The van der Waals surface area contributed by atoms with Crippen molar-refractivity contribution in [3.05, 3.63) is 28.2 Å². The van der Waals surface area contributed by atoms with Gasteiger partial charge in [0.15, 0.2) is 0 Å². The quantitative estimate of drug-likeness (QED) is 0.784. The maximum atomic E-state index is 9.25. The zero-order valence-corrected chi connectivity index (χ0v) is 13.3. The molecule has 1 heterocycles. The van der Waals surface area contributed by atoms with Gasteiger partial charge in [-0.2, -0.15) is 5.26 Å². The Labute approximate surface area is 124 Å². The molecular formula is C16H21BrN2. The van der Waals surface area contributed by atoms with Crippen LogP contribution in [0.25, 0.3) is 0 Å². The van der Waals surface area contributed by atoms with E-state index >= 15 is 0 Å². The van der Waals surface area contributed by atoms with Crippen molar-refractivity contribution in [1.82, 2.24) is 0 Å². The van der Waals surface area contributed by atoms with E-state index in [1.807, 2.05) is 12.1 Å². The fourth-order valence-electron chi connectivity index (χ4n) is 3.31. The largest absolute Gasteiger partial charge is 0.369 e. The van der Waals surface area contributed by atoms with Gasteiger partial charge in [0.2, 0.25) is 0 Å². The van der Waals surface area contributed by atoms with Crippen molar-refractivity contribution in [1.29, 1.82) is 5.26 Å². The molecule has 1 fully saturated rings. The molecular weight excluding hydrogens is 300 g/mol. The molecule has 102 valence electrons. The molecule has 1 aromatic rings. The van der Waals surface area contributed by atoms with Gasteiger partial charge in [0.05, 0.1) is 11.3 Å². The highest BCUT2D eigenvalue weighted by Crippen LogP contribution is 2.43. The van der Waals surface area contributed by atoms with Crippen LogP contribution >= 0.6 is 15.9 Å². The number of hydrogen-bond donors (Lipinski definition) is 0. The second-order valence-corrected chi connectivity index (χ2v) is 6.55. The molecule has 0 atom stereocenters. The maximum absolute atomic E-state index is 9.25. The highest BCUT2D eigenvalue weighted by Gasteiger charge is 2.41. The summed E-state index contributed by atoms with van der Waals surface area (Å²) in [5.74, 6) is 0. The molecule has 1 aliphatic rings. The fourth-order valence-corrected chi connectivity index (χ4v) is 3.67. The van der Waals surface area contributed by atoms with Gasteiger partial charge < -0.3 is 4.90 Å². The lowest BCUT2D eigenvalue weighted by Crippen LogP contribution is -2.56. The SMILES string of the molecule is CCCC1(CCC)CN(c2ccc(Br)cc2C#N)C1. The Balaban J connectivity index is 2.13. The molecule has 0 amide bonds. The fraction of sp³-hybridized carbons (Fsp3) is 0.562. The minimum absolute atomic E-state index is 0.489. The Morgan fingerprint density at radius 2 is 1.89 bits per heavy atom. The van der Waals surface area contributed by atoms with Crippen molar-refractivity contribution >= 4 is 21.6 Å². The van der Waals surface area contributed by atoms with Gasteiger partial charge in [0.25, 0.3) is 0 Å². The first-order chi connectivity index (χ1) is 9.14. The Bertz CT molecular complexity index is 476. The molecule has 0 radical (unpaired) electrons. The van der Waals surface area contributed by atoms with Crippen LogP contribution in [-0.2, 0) is 0 Å². The molecule has 0 unspecified atom stereocenters. The normalized spacial score (nSPS) is 16.8. The van der Waals surface area contributed by atoms with Crippen molar-refractivity contribution < 1.29 is 0 Å². The first-order valence-electron chi connectivity index (χ1n) is 7.09. The molecule has 0 aromatic heterocycles. The minimum Gasteiger partial charge on any atom is -0.369 e. The average molecular weight is 321 g/mol. The Kier molecular flexibility index (Phi) is 4.52. The number of hydrogen-bond acceptors (Lipinski definition) is 2. The van der Waals surface area contributed by atoms with Gasteiger partial charge in [-0.05, 0) is 31.0 Å². The molecule has 1 aliphatic heterocycles. The summed E-state index contributed by atoms with van der Waals surface area (Å²) in [7, 11) is 0. The van der Waals surface area contributed by atoms with Crippen LogP contribution in [-0.4, -0.2) is 13.1 Å². The zero-order valence-electron chi connectivity index (χ0n) is 11.7. The minimum atomic E-state index is 0.489. The van der Waals surface area contributed by atoms with Gasteiger partial charge in [0, 0.05) is 23.0 Å². The van der Waals surface area contributed by atoms with E-state index in [2.05, 4.69) is 46.8 Å². The Morgan fingerprint density at radius 3 is 2.42 bits per heavy atom. The first kappa shape index (κ1) is 14.4. The molecule has 2 rings (SSSR count). The monoisotopic (exact) mass is 320 g/mol. The third-order valence-electron chi connectivity index (χ3n) is 4.03. The number of halogens is 1. The smallest absolute Gasteiger partial charge is 0.101 e. The van der Waals surface area contributed by atoms with Crippen molar-refractivity contribution in [2.45, 2.75) is 39.5 Å². The third-order valence-corrected chi connectivity index (χ3v) is 4.53. The summed E-state index contributed by atoms with van der Waals surface area (Å²) in [6.45, 7) is 6.73. The maximum Gasteiger partial charge on any atom is 0.101 e. The van der Waals surface area contributed by atoms with E-state index in [4.69, 9.17) is 0 Å². The lowest BCUT2D eigenvalue weighted by molar-refractivity contribution is 0.173. The molecule has 0 N–H and O–H groups in total. The average Bonchev–Trinajstić information content (AvgIpc) is 2.36. The highest BCUT2D eigenvalue weighted by atomic mass is 79.9. The van der Waals surface area contributed by atoms with E-state index in [1.54, 1.807) is 0 Å². The number of nitriles is 1. The second kappa shape index (κ2) is 5.96. The predicted molar refractivity (Wildman–Crippen MR) is 83.3 cm³/mol. The van der Waals surface area contributed by atoms with Crippen LogP contribution in [0.3, 0.4) is 0 Å². The summed E-state index contributed by atoms with van der Waals surface area (Å²) in [5.41, 5.74) is 2.35. The second-order valence-electron chi connectivity index (χ2n) is 5.63. The van der Waals surface area contributed by atoms with Crippen LogP contribution < -0.4 is 4.90 Å². The van der Waals surface area contributed by atoms with Crippen molar-refractivity contribution in [2.75, 3.05) is 18.0 Å². The summed E-state index contributed by atoms with van der Waals surface area (Å²) in [6, 6.07) is 8.30. The van der Waals surface area contributed by atoms with Crippen LogP contribution in [0.5, 0.6) is 0 Å². The third kappa shape index (κ3) is 2.95. The molecule has 0 spiro atoms. The van der Waals surface area contributed by atoms with Gasteiger partial charge in [-0.25, -0.2) is 0 Å². The Morgan fingerprint density at radius 1 is 1.26 bits per heavy atom. The summed E-state index contributed by atoms with van der Waals surface area (Å²) < 4.78 is 0.974. The van der Waals surface area contributed by atoms with E-state index in [-0.39, 0.29) is 0 Å². The molecule has 0 aliphatic carbocycles. The van der Waals surface area contributed by atoms with Gasteiger partial charge >= 0.3 is 0 Å². The topological polar surface area (TPSA) is 27.0 Å². The van der Waals surface area contributed by atoms with Crippen LogP contribution in [0.1, 0.15) is 45.1 Å². The highest BCUT2D eigenvalue weighted by molar-refractivity contribution is 9.10. The molecule has 19 heavy (non-hydrogen) atoms. The molecule has 2 nitrogen and oxygen atoms in total. The van der Waals surface area contributed by atoms with E-state index in [1.165, 1.54) is 25.7 Å². The van der Waals surface area contributed by atoms with Crippen LogP contribution in [0.2, 0.25) is 0 Å². The first-order valence-corrected chi connectivity index (χ1v) is 7.88. The lowest BCUT2D eigenvalue weighted by Gasteiger charge is -2.52. The lowest BCUT2D eigenvalue weighted by atomic mass is 9.72. The van der Waals surface area contributed by atoms with Gasteiger partial charge in [-0.3, -0.25) is 0 Å². The van der Waals surface area contributed by atoms with E-state index < -0.39 is 0 Å². The van der Waals surface area contributed by atoms with Gasteiger partial charge in [-0.15, -0.1) is 0 Å². The summed E-state index contributed by atoms with van der Waals surface area (Å²) in [6.07, 6.45) is 5.10. The standard InChI is InChI=1S/C16H21BrN2/c1-3-7-16(8-4-2)11-19(12-16)15-6-5-14(17)9-13(15)10-18/h5-6,9H,3-4,7-8,11-12H2,1-2H3. The van der Waals surface area contributed by atoms with Gasteiger partial charge in [0.1, 0.15) is 6.07 Å². The van der Waals surface area contributed by atoms with Crippen molar-refractivity contribution in [3.8, 4) is 6.07 Å². The van der Waals surface area contributed by atoms with Gasteiger partial charge in [-0.1, -0.05) is 42.6 Å². The van der Waals surface area contributed by atoms with Crippen molar-refractivity contribution in [3.63, 3.8) is 0 Å². The van der Waals surface area contributed by atoms with E-state index in [0.29, 0.717) is 5.41 Å². The molecule has 1 saturated heterocycles. The predicted octanol–water partition coefficient (Wildman–Crippen LogP) is 4.73. The summed E-state index contributed by atoms with van der Waals surface area (Å²) >= 11 is 3.43. The summed E-state index contributed by atoms with van der Waals surface area (Å²) in [4.78, 5) is 2.36.